The van der Waals surface area contributed by atoms with Crippen LogP contribution in [0.2, 0.25) is 0 Å². The van der Waals surface area contributed by atoms with Crippen molar-refractivity contribution in [3.63, 3.8) is 0 Å². The summed E-state index contributed by atoms with van der Waals surface area (Å²) in [6, 6.07) is 0. The van der Waals surface area contributed by atoms with Crippen molar-refractivity contribution in [3.8, 4) is 0 Å². The van der Waals surface area contributed by atoms with Gasteiger partial charge in [-0.25, -0.2) is 0 Å². The van der Waals surface area contributed by atoms with Gasteiger partial charge in [-0.1, -0.05) is 6.58 Å². The molecule has 0 bridgehead atoms. The first kappa shape index (κ1) is 9.68. The third kappa shape index (κ3) is 2.51. The zero-order valence-corrected chi connectivity index (χ0v) is 5.23. The SMILES string of the molecule is C=C(C(F)(F)F)C(F)(F)Cl. The molecule has 0 radical (unpaired) electrons. The molecule has 10 heavy (non-hydrogen) atoms. The highest BCUT2D eigenvalue weighted by molar-refractivity contribution is 6.23. The quantitative estimate of drug-likeness (QED) is 0.331. The van der Waals surface area contributed by atoms with E-state index in [2.05, 4.69) is 18.2 Å². The summed E-state index contributed by atoms with van der Waals surface area (Å²) in [5.74, 6) is 0. The van der Waals surface area contributed by atoms with Crippen molar-refractivity contribution in [1.82, 2.24) is 0 Å². The maximum Gasteiger partial charge on any atom is 0.419 e. The Bertz CT molecular complexity index is 125. The zero-order chi connectivity index (χ0) is 8.58. The summed E-state index contributed by atoms with van der Waals surface area (Å²) < 4.78 is 57.0. The molecular formula is C4H2ClF5. The molecule has 0 aliphatic heterocycles. The first-order valence-corrected chi connectivity index (χ1v) is 2.37. The molecule has 0 unspecified atom stereocenters. The van der Waals surface area contributed by atoms with Gasteiger partial charge in [0.25, 0.3) is 0 Å². The Hall–Kier alpha value is -0.320. The van der Waals surface area contributed by atoms with Gasteiger partial charge in [-0.2, -0.15) is 22.0 Å². The Balaban J connectivity index is 4.40. The third-order valence-corrected chi connectivity index (χ3v) is 0.912. The Kier molecular flexibility index (Phi) is 2.30. The van der Waals surface area contributed by atoms with Crippen molar-refractivity contribution in [1.29, 1.82) is 0 Å². The van der Waals surface area contributed by atoms with E-state index >= 15 is 0 Å². The van der Waals surface area contributed by atoms with Gasteiger partial charge in [-0.05, 0) is 11.6 Å². The Morgan fingerprint density at radius 1 is 1.10 bits per heavy atom. The largest absolute Gasteiger partial charge is 0.419 e. The second-order valence-corrected chi connectivity index (χ2v) is 1.95. The van der Waals surface area contributed by atoms with E-state index in [4.69, 9.17) is 0 Å². The summed E-state index contributed by atoms with van der Waals surface area (Å²) in [6.45, 7) is 2.09. The molecule has 0 spiro atoms. The Labute approximate surface area is 58.3 Å². The molecule has 0 atom stereocenters. The first-order valence-electron chi connectivity index (χ1n) is 1.99. The molecule has 0 aromatic rings. The minimum atomic E-state index is -5.13. The lowest BCUT2D eigenvalue weighted by atomic mass is 10.3. The molecule has 0 fully saturated rings. The predicted molar refractivity (Wildman–Crippen MR) is 26.0 cm³/mol. The average Bonchev–Trinajstić information content (AvgIpc) is 1.59. The molecule has 0 rings (SSSR count). The molecule has 0 saturated heterocycles. The molecule has 0 amide bonds. The van der Waals surface area contributed by atoms with Gasteiger partial charge in [0.15, 0.2) is 0 Å². The van der Waals surface area contributed by atoms with Crippen LogP contribution in [-0.2, 0) is 0 Å². The maximum atomic E-state index is 11.6. The monoisotopic (exact) mass is 180 g/mol. The molecule has 0 nitrogen and oxygen atoms in total. The van der Waals surface area contributed by atoms with Crippen molar-refractivity contribution in [2.75, 3.05) is 0 Å². The lowest BCUT2D eigenvalue weighted by Gasteiger charge is -2.13. The molecule has 0 aromatic heterocycles. The van der Waals surface area contributed by atoms with Gasteiger partial charge in [0.05, 0.1) is 0 Å². The second kappa shape index (κ2) is 2.38. The number of allylic oxidation sites excluding steroid dienone is 1. The minimum Gasteiger partial charge on any atom is -0.183 e. The van der Waals surface area contributed by atoms with Gasteiger partial charge in [-0.3, -0.25) is 0 Å². The molecule has 0 heterocycles. The molecule has 0 aliphatic rings. The lowest BCUT2D eigenvalue weighted by molar-refractivity contribution is -0.113. The topological polar surface area (TPSA) is 0 Å². The van der Waals surface area contributed by atoms with E-state index in [0.717, 1.165) is 0 Å². The maximum absolute atomic E-state index is 11.6. The minimum absolute atomic E-state index is 2.09. The Morgan fingerprint density at radius 3 is 1.40 bits per heavy atom. The van der Waals surface area contributed by atoms with Gasteiger partial charge >= 0.3 is 11.6 Å². The van der Waals surface area contributed by atoms with Crippen LogP contribution in [0.1, 0.15) is 0 Å². The number of hydrogen-bond donors (Lipinski definition) is 0. The van der Waals surface area contributed by atoms with Crippen LogP contribution < -0.4 is 0 Å². The number of halogens is 6. The number of rotatable bonds is 1. The fraction of sp³-hybridized carbons (Fsp3) is 0.500. The molecule has 60 valence electrons. The second-order valence-electron chi connectivity index (χ2n) is 1.47. The highest BCUT2D eigenvalue weighted by atomic mass is 35.5. The molecule has 0 aromatic carbocycles. The molecule has 6 heteroatoms. The normalized spacial score (nSPS) is 13.4. The summed E-state index contributed by atoms with van der Waals surface area (Å²) in [6.07, 6.45) is -5.13. The van der Waals surface area contributed by atoms with Gasteiger partial charge < -0.3 is 0 Å². The molecule has 0 N–H and O–H groups in total. The highest BCUT2D eigenvalue weighted by Crippen LogP contribution is 2.38. The summed E-state index contributed by atoms with van der Waals surface area (Å²) >= 11 is 4.02. The zero-order valence-electron chi connectivity index (χ0n) is 4.47. The smallest absolute Gasteiger partial charge is 0.183 e. The first-order chi connectivity index (χ1) is 4.15. The van der Waals surface area contributed by atoms with Crippen LogP contribution in [0.3, 0.4) is 0 Å². The Morgan fingerprint density at radius 2 is 1.40 bits per heavy atom. The molecule has 0 saturated carbocycles. The van der Waals surface area contributed by atoms with Crippen molar-refractivity contribution in [2.24, 2.45) is 0 Å². The van der Waals surface area contributed by atoms with Crippen LogP contribution >= 0.6 is 11.6 Å². The van der Waals surface area contributed by atoms with Crippen molar-refractivity contribution in [3.05, 3.63) is 12.2 Å². The average molecular weight is 181 g/mol. The van der Waals surface area contributed by atoms with Gasteiger partial charge in [0.2, 0.25) is 0 Å². The van der Waals surface area contributed by atoms with Gasteiger partial charge in [0, 0.05) is 0 Å². The molecular weight excluding hydrogens is 178 g/mol. The van der Waals surface area contributed by atoms with Crippen molar-refractivity contribution in [2.45, 2.75) is 11.6 Å². The number of hydrogen-bond acceptors (Lipinski definition) is 0. The number of alkyl halides is 6. The van der Waals surface area contributed by atoms with E-state index in [1.54, 1.807) is 0 Å². The van der Waals surface area contributed by atoms with Crippen molar-refractivity contribution < 1.29 is 22.0 Å². The van der Waals surface area contributed by atoms with E-state index in [1.807, 2.05) is 0 Å². The lowest BCUT2D eigenvalue weighted by Crippen LogP contribution is -2.23. The van der Waals surface area contributed by atoms with E-state index in [-0.39, 0.29) is 0 Å². The summed E-state index contributed by atoms with van der Waals surface area (Å²) in [5.41, 5.74) is -2.25. The van der Waals surface area contributed by atoms with Crippen LogP contribution in [-0.4, -0.2) is 11.6 Å². The van der Waals surface area contributed by atoms with Crippen LogP contribution in [0, 0.1) is 0 Å². The third-order valence-electron chi connectivity index (χ3n) is 0.684. The van der Waals surface area contributed by atoms with E-state index < -0.39 is 17.1 Å². The van der Waals surface area contributed by atoms with Crippen LogP contribution in [0.25, 0.3) is 0 Å². The fourth-order valence-electron chi connectivity index (χ4n) is 0.161. The fourth-order valence-corrected chi connectivity index (χ4v) is 0.268. The van der Waals surface area contributed by atoms with Gasteiger partial charge in [-0.15, -0.1) is 0 Å². The van der Waals surface area contributed by atoms with Crippen LogP contribution in [0.4, 0.5) is 22.0 Å². The van der Waals surface area contributed by atoms with Crippen LogP contribution in [0.5, 0.6) is 0 Å². The molecule has 0 aliphatic carbocycles. The van der Waals surface area contributed by atoms with Crippen molar-refractivity contribution >= 4 is 11.6 Å². The van der Waals surface area contributed by atoms with E-state index in [0.29, 0.717) is 0 Å². The van der Waals surface area contributed by atoms with Crippen LogP contribution in [0.15, 0.2) is 12.2 Å². The summed E-state index contributed by atoms with van der Waals surface area (Å²) in [7, 11) is 0. The standard InChI is InChI=1S/C4H2ClF5/c1-2(3(5,6)7)4(8,9)10/h1H2. The predicted octanol–water partition coefficient (Wildman–Crippen LogP) is 2.94. The van der Waals surface area contributed by atoms with Gasteiger partial charge in [0.1, 0.15) is 5.57 Å². The van der Waals surface area contributed by atoms with E-state index in [1.165, 1.54) is 0 Å². The van der Waals surface area contributed by atoms with E-state index in [9.17, 15) is 22.0 Å². The highest BCUT2D eigenvalue weighted by Gasteiger charge is 2.47. The summed E-state index contributed by atoms with van der Waals surface area (Å²) in [4.78, 5) is 0. The summed E-state index contributed by atoms with van der Waals surface area (Å²) in [5, 5.41) is -4.40.